The van der Waals surface area contributed by atoms with E-state index < -0.39 is 0 Å². The molecule has 0 rings (SSSR count). The van der Waals surface area contributed by atoms with Crippen molar-refractivity contribution < 1.29 is 0 Å². The molecule has 82 valence electrons. The van der Waals surface area contributed by atoms with Crippen molar-refractivity contribution in [2.75, 3.05) is 0 Å². The van der Waals surface area contributed by atoms with Crippen molar-refractivity contribution >= 4 is 11.8 Å². The Labute approximate surface area is 98.2 Å². The fraction of sp³-hybridized carbons (Fsp3) is 0.286. The van der Waals surface area contributed by atoms with Crippen LogP contribution in [-0.4, -0.2) is 0 Å². The summed E-state index contributed by atoms with van der Waals surface area (Å²) in [5, 5.41) is 0. The Morgan fingerprint density at radius 2 is 1.93 bits per heavy atom. The molecule has 15 heavy (non-hydrogen) atoms. The van der Waals surface area contributed by atoms with Crippen molar-refractivity contribution in [1.29, 1.82) is 0 Å². The summed E-state index contributed by atoms with van der Waals surface area (Å²) in [6.07, 6.45) is 15.5. The second kappa shape index (κ2) is 9.60. The average molecular weight is 220 g/mol. The zero-order valence-corrected chi connectivity index (χ0v) is 10.7. The summed E-state index contributed by atoms with van der Waals surface area (Å²) in [6, 6.07) is 0. The van der Waals surface area contributed by atoms with E-state index in [1.807, 2.05) is 25.2 Å². The zero-order chi connectivity index (χ0) is 11.5. The van der Waals surface area contributed by atoms with Gasteiger partial charge in [-0.1, -0.05) is 61.7 Å². The highest BCUT2D eigenvalue weighted by molar-refractivity contribution is 8.07. The fourth-order valence-electron chi connectivity index (χ4n) is 0.963. The molecule has 0 fully saturated rings. The lowest BCUT2D eigenvalue weighted by molar-refractivity contribution is 1.22. The SMILES string of the molecule is C=C/C=C(\C=C/C)SC(/C=C\CC)=C/C. The lowest BCUT2D eigenvalue weighted by Gasteiger charge is -2.01. The quantitative estimate of drug-likeness (QED) is 0.552. The number of rotatable bonds is 6. The van der Waals surface area contributed by atoms with Crippen LogP contribution in [0.1, 0.15) is 27.2 Å². The number of allylic oxidation sites excluding steroid dienone is 7. The van der Waals surface area contributed by atoms with Gasteiger partial charge in [0.1, 0.15) is 0 Å². The van der Waals surface area contributed by atoms with Crippen LogP contribution in [0.5, 0.6) is 0 Å². The van der Waals surface area contributed by atoms with Gasteiger partial charge in [0, 0.05) is 9.81 Å². The van der Waals surface area contributed by atoms with Gasteiger partial charge < -0.3 is 0 Å². The molecule has 0 aromatic heterocycles. The highest BCUT2D eigenvalue weighted by atomic mass is 32.2. The minimum absolute atomic E-state index is 1.07. The van der Waals surface area contributed by atoms with Crippen LogP contribution in [0.25, 0.3) is 0 Å². The van der Waals surface area contributed by atoms with Gasteiger partial charge in [-0.3, -0.25) is 0 Å². The maximum Gasteiger partial charge on any atom is 0.0118 e. The van der Waals surface area contributed by atoms with Crippen LogP contribution in [0.3, 0.4) is 0 Å². The summed E-state index contributed by atoms with van der Waals surface area (Å²) in [4.78, 5) is 2.48. The monoisotopic (exact) mass is 220 g/mol. The number of hydrogen-bond donors (Lipinski definition) is 0. The predicted octanol–water partition coefficient (Wildman–Crippen LogP) is 5.24. The summed E-state index contributed by atoms with van der Waals surface area (Å²) in [7, 11) is 0. The Kier molecular flexibility index (Phi) is 8.99. The summed E-state index contributed by atoms with van der Waals surface area (Å²) < 4.78 is 0. The normalized spacial score (nSPS) is 14.1. The molecular formula is C14H20S. The first kappa shape index (κ1) is 14.1. The Hall–Kier alpha value is -0.950. The molecule has 0 unspecified atom stereocenters. The third-order valence-corrected chi connectivity index (χ3v) is 2.77. The number of thioether (sulfide) groups is 1. The third kappa shape index (κ3) is 7.03. The van der Waals surface area contributed by atoms with Crippen molar-refractivity contribution in [3.63, 3.8) is 0 Å². The third-order valence-electron chi connectivity index (χ3n) is 1.65. The lowest BCUT2D eigenvalue weighted by Crippen LogP contribution is -1.73. The molecule has 0 aromatic carbocycles. The van der Waals surface area contributed by atoms with Gasteiger partial charge in [-0.2, -0.15) is 0 Å². The van der Waals surface area contributed by atoms with E-state index >= 15 is 0 Å². The molecule has 0 nitrogen and oxygen atoms in total. The first-order valence-electron chi connectivity index (χ1n) is 5.24. The Bertz CT molecular complexity index is 290. The molecular weight excluding hydrogens is 200 g/mol. The molecule has 0 amide bonds. The van der Waals surface area contributed by atoms with Crippen molar-refractivity contribution in [3.8, 4) is 0 Å². The largest absolute Gasteiger partial charge is 0.0990 e. The summed E-state index contributed by atoms with van der Waals surface area (Å²) in [5.41, 5.74) is 0. The van der Waals surface area contributed by atoms with Crippen molar-refractivity contribution in [1.82, 2.24) is 0 Å². The second-order valence-electron chi connectivity index (χ2n) is 2.91. The first-order valence-corrected chi connectivity index (χ1v) is 6.06. The van der Waals surface area contributed by atoms with Crippen LogP contribution in [0.2, 0.25) is 0 Å². The van der Waals surface area contributed by atoms with E-state index in [1.54, 1.807) is 11.8 Å². The molecule has 0 saturated heterocycles. The smallest absolute Gasteiger partial charge is 0.0118 e. The molecule has 0 aliphatic rings. The fourth-order valence-corrected chi connectivity index (χ4v) is 1.89. The summed E-state index contributed by atoms with van der Waals surface area (Å²) >= 11 is 1.76. The molecule has 0 aliphatic heterocycles. The average Bonchev–Trinajstić information content (AvgIpc) is 2.24. The Morgan fingerprint density at radius 1 is 1.20 bits per heavy atom. The van der Waals surface area contributed by atoms with Crippen molar-refractivity contribution in [2.45, 2.75) is 27.2 Å². The van der Waals surface area contributed by atoms with Crippen LogP contribution >= 0.6 is 11.8 Å². The highest BCUT2D eigenvalue weighted by Crippen LogP contribution is 2.27. The molecule has 0 aromatic rings. The van der Waals surface area contributed by atoms with Crippen molar-refractivity contribution in [3.05, 3.63) is 58.9 Å². The van der Waals surface area contributed by atoms with Gasteiger partial charge >= 0.3 is 0 Å². The highest BCUT2D eigenvalue weighted by Gasteiger charge is 1.95. The maximum absolute atomic E-state index is 3.72. The molecule has 0 saturated carbocycles. The van der Waals surface area contributed by atoms with Gasteiger partial charge in [-0.05, 0) is 26.3 Å². The topological polar surface area (TPSA) is 0 Å². The van der Waals surface area contributed by atoms with Gasteiger partial charge in [-0.15, -0.1) is 0 Å². The van der Waals surface area contributed by atoms with Gasteiger partial charge in [-0.25, -0.2) is 0 Å². The van der Waals surface area contributed by atoms with E-state index in [-0.39, 0.29) is 0 Å². The molecule has 0 atom stereocenters. The van der Waals surface area contributed by atoms with E-state index in [0.29, 0.717) is 0 Å². The van der Waals surface area contributed by atoms with Crippen LogP contribution in [-0.2, 0) is 0 Å². The molecule has 0 spiro atoms. The predicted molar refractivity (Wildman–Crippen MR) is 73.9 cm³/mol. The van der Waals surface area contributed by atoms with E-state index in [4.69, 9.17) is 0 Å². The lowest BCUT2D eigenvalue weighted by atomic mass is 10.4. The number of hydrogen-bond acceptors (Lipinski definition) is 1. The van der Waals surface area contributed by atoms with Crippen LogP contribution in [0.15, 0.2) is 58.9 Å². The van der Waals surface area contributed by atoms with Gasteiger partial charge in [0.25, 0.3) is 0 Å². The molecule has 1 heteroatoms. The Balaban J connectivity index is 4.57. The minimum Gasteiger partial charge on any atom is -0.0990 e. The first-order chi connectivity index (χ1) is 7.28. The molecule has 0 heterocycles. The zero-order valence-electron chi connectivity index (χ0n) is 9.86. The van der Waals surface area contributed by atoms with E-state index in [9.17, 15) is 0 Å². The summed E-state index contributed by atoms with van der Waals surface area (Å²) in [5.74, 6) is 0. The minimum atomic E-state index is 1.07. The second-order valence-corrected chi connectivity index (χ2v) is 4.06. The van der Waals surface area contributed by atoms with Crippen LogP contribution in [0, 0.1) is 0 Å². The van der Waals surface area contributed by atoms with Crippen LogP contribution < -0.4 is 0 Å². The Morgan fingerprint density at radius 3 is 2.40 bits per heavy atom. The van der Waals surface area contributed by atoms with Gasteiger partial charge in [0.05, 0.1) is 0 Å². The van der Waals surface area contributed by atoms with E-state index in [2.05, 4.69) is 44.7 Å². The molecule has 0 aliphatic carbocycles. The molecule has 0 radical (unpaired) electrons. The standard InChI is InChI=1S/C14H20S/c1-5-9-12-13(8-4)15-14(10-6-2)11-7-3/h6-12H,2,5H2,1,3-4H3/b11-7-,12-9-,13-8+,14-10+. The van der Waals surface area contributed by atoms with Gasteiger partial charge in [0.15, 0.2) is 0 Å². The van der Waals surface area contributed by atoms with E-state index in [1.165, 1.54) is 9.81 Å². The van der Waals surface area contributed by atoms with Gasteiger partial charge in [0.2, 0.25) is 0 Å². The van der Waals surface area contributed by atoms with E-state index in [0.717, 1.165) is 6.42 Å². The van der Waals surface area contributed by atoms with Crippen LogP contribution in [0.4, 0.5) is 0 Å². The molecule has 0 N–H and O–H groups in total. The molecule has 0 bridgehead atoms. The summed E-state index contributed by atoms with van der Waals surface area (Å²) in [6.45, 7) is 9.94. The maximum atomic E-state index is 3.72. The van der Waals surface area contributed by atoms with Crippen molar-refractivity contribution in [2.24, 2.45) is 0 Å².